The van der Waals surface area contributed by atoms with Crippen LogP contribution in [0.5, 0.6) is 0 Å². The largest absolute Gasteiger partial charge is 0.468 e. The molecule has 21 heavy (non-hydrogen) atoms. The number of likely N-dealkylation sites (N-methyl/N-ethyl adjacent to an activating group) is 1. The third-order valence-corrected chi connectivity index (χ3v) is 3.39. The summed E-state index contributed by atoms with van der Waals surface area (Å²) in [5.74, 6) is -0.541. The number of anilines is 1. The Hall–Kier alpha value is -1.92. The number of rotatable bonds is 7. The summed E-state index contributed by atoms with van der Waals surface area (Å²) in [6.07, 6.45) is 0. The van der Waals surface area contributed by atoms with Crippen LogP contribution in [-0.4, -0.2) is 43.0 Å². The molecule has 0 aliphatic carbocycles. The van der Waals surface area contributed by atoms with E-state index in [1.165, 1.54) is 7.11 Å². The van der Waals surface area contributed by atoms with Gasteiger partial charge in [0, 0.05) is 12.2 Å². The quantitative estimate of drug-likeness (QED) is 0.732. The van der Waals surface area contributed by atoms with Crippen LogP contribution in [0.4, 0.5) is 5.69 Å². The normalized spacial score (nSPS) is 12.0. The maximum atomic E-state index is 12.3. The van der Waals surface area contributed by atoms with Gasteiger partial charge >= 0.3 is 5.97 Å². The Kier molecular flexibility index (Phi) is 6.84. The van der Waals surface area contributed by atoms with Crippen molar-refractivity contribution in [3.05, 3.63) is 29.8 Å². The summed E-state index contributed by atoms with van der Waals surface area (Å²) in [5, 5.41) is 2.85. The number of carbonyl (C=O) groups excluding carboxylic acids is 2. The van der Waals surface area contributed by atoms with Crippen LogP contribution in [0.3, 0.4) is 0 Å². The second-order valence-corrected chi connectivity index (χ2v) is 4.67. The highest BCUT2D eigenvalue weighted by Gasteiger charge is 2.22. The number of esters is 1. The molecule has 0 saturated carbocycles. The van der Waals surface area contributed by atoms with Gasteiger partial charge in [0.15, 0.2) is 0 Å². The number of nitrogens with one attached hydrogen (secondary N) is 1. The highest BCUT2D eigenvalue weighted by Crippen LogP contribution is 2.15. The van der Waals surface area contributed by atoms with Crippen molar-refractivity contribution in [2.24, 2.45) is 5.73 Å². The number of benzene rings is 1. The van der Waals surface area contributed by atoms with Crippen molar-refractivity contribution in [3.8, 4) is 0 Å². The molecule has 0 aliphatic heterocycles. The summed E-state index contributed by atoms with van der Waals surface area (Å²) >= 11 is 0. The van der Waals surface area contributed by atoms with Gasteiger partial charge in [0.2, 0.25) is 5.91 Å². The topological polar surface area (TPSA) is 84.7 Å². The second-order valence-electron chi connectivity index (χ2n) is 4.67. The average molecular weight is 293 g/mol. The molecule has 116 valence electrons. The molecule has 1 unspecified atom stereocenters. The van der Waals surface area contributed by atoms with Crippen LogP contribution in [-0.2, 0) is 20.9 Å². The van der Waals surface area contributed by atoms with Crippen LogP contribution in [0.15, 0.2) is 24.3 Å². The van der Waals surface area contributed by atoms with Crippen molar-refractivity contribution in [2.45, 2.75) is 26.4 Å². The third-order valence-electron chi connectivity index (χ3n) is 3.39. The lowest BCUT2D eigenvalue weighted by Gasteiger charge is -2.26. The van der Waals surface area contributed by atoms with Gasteiger partial charge in [-0.3, -0.25) is 14.5 Å². The van der Waals surface area contributed by atoms with Gasteiger partial charge in [-0.25, -0.2) is 0 Å². The van der Waals surface area contributed by atoms with Crippen LogP contribution in [0, 0.1) is 0 Å². The zero-order valence-corrected chi connectivity index (χ0v) is 12.8. The van der Waals surface area contributed by atoms with E-state index in [2.05, 4.69) is 10.1 Å². The monoisotopic (exact) mass is 293 g/mol. The summed E-state index contributed by atoms with van der Waals surface area (Å²) < 4.78 is 4.64. The van der Waals surface area contributed by atoms with Crippen molar-refractivity contribution in [2.75, 3.05) is 25.5 Å². The van der Waals surface area contributed by atoms with Crippen LogP contribution in [0.2, 0.25) is 0 Å². The number of nitrogens with two attached hydrogens (primary N) is 1. The highest BCUT2D eigenvalue weighted by atomic mass is 16.5. The Morgan fingerprint density at radius 3 is 2.62 bits per heavy atom. The molecule has 3 N–H and O–H groups in total. The summed E-state index contributed by atoms with van der Waals surface area (Å²) in [4.78, 5) is 25.4. The van der Waals surface area contributed by atoms with Crippen LogP contribution >= 0.6 is 0 Å². The maximum absolute atomic E-state index is 12.3. The molecule has 0 bridgehead atoms. The SMILES string of the molecule is CCN(CC(=O)OC)C(C)C(=O)Nc1ccccc1CN. The van der Waals surface area contributed by atoms with Gasteiger partial charge < -0.3 is 15.8 Å². The summed E-state index contributed by atoms with van der Waals surface area (Å²) in [5.41, 5.74) is 7.22. The molecule has 6 heteroatoms. The van der Waals surface area contributed by atoms with Crippen LogP contribution in [0.1, 0.15) is 19.4 Å². The third kappa shape index (κ3) is 4.84. The van der Waals surface area contributed by atoms with Crippen molar-refractivity contribution < 1.29 is 14.3 Å². The van der Waals surface area contributed by atoms with E-state index < -0.39 is 6.04 Å². The minimum absolute atomic E-state index is 0.0835. The molecular formula is C15H23N3O3. The van der Waals surface area contributed by atoms with Gasteiger partial charge in [0.05, 0.1) is 19.7 Å². The zero-order chi connectivity index (χ0) is 15.8. The Morgan fingerprint density at radius 2 is 2.05 bits per heavy atom. The first-order chi connectivity index (χ1) is 10.0. The predicted octanol–water partition coefficient (Wildman–Crippen LogP) is 0.967. The number of methoxy groups -OCH3 is 1. The summed E-state index contributed by atoms with van der Waals surface area (Å²) in [6, 6.07) is 6.94. The van der Waals surface area contributed by atoms with E-state index in [0.29, 0.717) is 18.8 Å². The van der Waals surface area contributed by atoms with Crippen LogP contribution < -0.4 is 11.1 Å². The van der Waals surface area contributed by atoms with Crippen molar-refractivity contribution >= 4 is 17.6 Å². The predicted molar refractivity (Wildman–Crippen MR) is 81.7 cm³/mol. The van der Waals surface area contributed by atoms with Gasteiger partial charge in [0.1, 0.15) is 0 Å². The number of hydrogen-bond acceptors (Lipinski definition) is 5. The van der Waals surface area contributed by atoms with Gasteiger partial charge in [-0.15, -0.1) is 0 Å². The molecule has 0 radical (unpaired) electrons. The standard InChI is InChI=1S/C15H23N3O3/c1-4-18(10-14(19)21-3)11(2)15(20)17-13-8-6-5-7-12(13)9-16/h5-8,11H,4,9-10,16H2,1-3H3,(H,17,20). The molecule has 1 atom stereocenters. The van der Waals surface area contributed by atoms with E-state index >= 15 is 0 Å². The van der Waals surface area contributed by atoms with Gasteiger partial charge in [-0.05, 0) is 25.1 Å². The molecule has 1 aromatic rings. The van der Waals surface area contributed by atoms with Crippen molar-refractivity contribution in [3.63, 3.8) is 0 Å². The number of amides is 1. The Morgan fingerprint density at radius 1 is 1.38 bits per heavy atom. The highest BCUT2D eigenvalue weighted by molar-refractivity contribution is 5.95. The fourth-order valence-corrected chi connectivity index (χ4v) is 1.98. The second kappa shape index (κ2) is 8.39. The van der Waals surface area contributed by atoms with E-state index in [1.807, 2.05) is 31.2 Å². The smallest absolute Gasteiger partial charge is 0.319 e. The fraction of sp³-hybridized carbons (Fsp3) is 0.467. The number of ether oxygens (including phenoxy) is 1. The Labute approximate surface area is 125 Å². The molecule has 1 rings (SSSR count). The molecule has 0 heterocycles. The lowest BCUT2D eigenvalue weighted by Crippen LogP contribution is -2.44. The van der Waals surface area contributed by atoms with E-state index in [4.69, 9.17) is 5.73 Å². The number of carbonyl (C=O) groups is 2. The Bertz CT molecular complexity index is 491. The molecular weight excluding hydrogens is 270 g/mol. The minimum Gasteiger partial charge on any atom is -0.468 e. The van der Waals surface area contributed by atoms with Crippen molar-refractivity contribution in [1.82, 2.24) is 4.90 Å². The number of nitrogens with zero attached hydrogens (tertiary/aromatic N) is 1. The minimum atomic E-state index is -0.445. The first-order valence-corrected chi connectivity index (χ1v) is 6.93. The lowest BCUT2D eigenvalue weighted by molar-refractivity contribution is -0.142. The van der Waals surface area contributed by atoms with E-state index in [0.717, 1.165) is 5.56 Å². The molecule has 0 spiro atoms. The summed E-state index contributed by atoms with van der Waals surface area (Å²) in [7, 11) is 1.33. The molecule has 1 amide bonds. The van der Waals surface area contributed by atoms with E-state index in [-0.39, 0.29) is 18.4 Å². The first kappa shape index (κ1) is 17.1. The maximum Gasteiger partial charge on any atom is 0.319 e. The molecule has 0 aliphatic rings. The molecule has 1 aromatic carbocycles. The fourth-order valence-electron chi connectivity index (χ4n) is 1.98. The van der Waals surface area contributed by atoms with Crippen molar-refractivity contribution in [1.29, 1.82) is 0 Å². The molecule has 0 fully saturated rings. The molecule has 0 aromatic heterocycles. The van der Waals surface area contributed by atoms with E-state index in [9.17, 15) is 9.59 Å². The summed E-state index contributed by atoms with van der Waals surface area (Å²) in [6.45, 7) is 4.65. The van der Waals surface area contributed by atoms with Crippen LogP contribution in [0.25, 0.3) is 0 Å². The van der Waals surface area contributed by atoms with Gasteiger partial charge in [-0.2, -0.15) is 0 Å². The van der Waals surface area contributed by atoms with E-state index in [1.54, 1.807) is 11.8 Å². The first-order valence-electron chi connectivity index (χ1n) is 6.93. The zero-order valence-electron chi connectivity index (χ0n) is 12.8. The molecule has 6 nitrogen and oxygen atoms in total. The molecule has 0 saturated heterocycles. The van der Waals surface area contributed by atoms with Gasteiger partial charge in [0.25, 0.3) is 0 Å². The Balaban J connectivity index is 2.75. The number of hydrogen-bond donors (Lipinski definition) is 2. The average Bonchev–Trinajstić information content (AvgIpc) is 2.51. The number of para-hydroxylation sites is 1. The lowest BCUT2D eigenvalue weighted by atomic mass is 10.1. The van der Waals surface area contributed by atoms with Gasteiger partial charge in [-0.1, -0.05) is 25.1 Å².